The Hall–Kier alpha value is -1.12. The van der Waals surface area contributed by atoms with Gasteiger partial charge in [-0.2, -0.15) is 0 Å². The number of carboxylic acids is 1. The van der Waals surface area contributed by atoms with Gasteiger partial charge in [-0.25, -0.2) is 0 Å². The molecule has 1 fully saturated rings. The van der Waals surface area contributed by atoms with Crippen molar-refractivity contribution in [2.45, 2.75) is 51.0 Å². The van der Waals surface area contributed by atoms with Gasteiger partial charge in [0.05, 0.1) is 6.04 Å². The van der Waals surface area contributed by atoms with Crippen molar-refractivity contribution in [2.24, 2.45) is 11.7 Å². The van der Waals surface area contributed by atoms with Gasteiger partial charge in [-0.1, -0.05) is 13.2 Å². The Morgan fingerprint density at radius 3 is 2.62 bits per heavy atom. The summed E-state index contributed by atoms with van der Waals surface area (Å²) in [6, 6.07) is -1.44. The van der Waals surface area contributed by atoms with Crippen LogP contribution in [0.15, 0.2) is 0 Å². The summed E-state index contributed by atoms with van der Waals surface area (Å²) in [6.07, 6.45) is 2.00. The van der Waals surface area contributed by atoms with Crippen molar-refractivity contribution in [2.75, 3.05) is 13.6 Å². The van der Waals surface area contributed by atoms with Crippen molar-refractivity contribution in [1.82, 2.24) is 10.2 Å². The molecule has 7 nitrogen and oxygen atoms in total. The Kier molecular flexibility index (Phi) is 6.63. The van der Waals surface area contributed by atoms with Crippen LogP contribution in [0.25, 0.3) is 0 Å². The first-order valence-corrected chi connectivity index (χ1v) is 7.42. The van der Waals surface area contributed by atoms with E-state index in [1.165, 1.54) is 0 Å². The minimum atomic E-state index is -0.902. The van der Waals surface area contributed by atoms with Gasteiger partial charge in [0.1, 0.15) is 6.04 Å². The molecule has 0 aromatic heterocycles. The number of rotatable bonds is 7. The van der Waals surface area contributed by atoms with Crippen LogP contribution in [0.2, 0.25) is 13.1 Å². The minimum Gasteiger partial charge on any atom is -0.480 e. The first-order chi connectivity index (χ1) is 9.75. The summed E-state index contributed by atoms with van der Waals surface area (Å²) >= 11 is 0. The highest BCUT2D eigenvalue weighted by Crippen LogP contribution is 2.27. The third-order valence-electron chi connectivity index (χ3n) is 4.13. The Balaban J connectivity index is 2.76. The van der Waals surface area contributed by atoms with Gasteiger partial charge >= 0.3 is 5.97 Å². The number of likely N-dealkylation sites (N-methyl/N-ethyl adjacent to an activating group) is 1. The lowest BCUT2D eigenvalue weighted by molar-refractivity contribution is -0.141. The number of hydrogen-bond acceptors (Lipinski definition) is 5. The van der Waals surface area contributed by atoms with Crippen molar-refractivity contribution in [3.63, 3.8) is 0 Å². The summed E-state index contributed by atoms with van der Waals surface area (Å²) in [5.41, 5.74) is 5.62. The van der Waals surface area contributed by atoms with E-state index in [1.54, 1.807) is 25.7 Å². The first kappa shape index (κ1) is 17.9. The van der Waals surface area contributed by atoms with Gasteiger partial charge in [0, 0.05) is 25.6 Å². The molecule has 8 heteroatoms. The summed E-state index contributed by atoms with van der Waals surface area (Å²) in [5, 5.41) is 21.6. The van der Waals surface area contributed by atoms with E-state index in [-0.39, 0.29) is 17.9 Å². The lowest BCUT2D eigenvalue weighted by Gasteiger charge is -2.31. The van der Waals surface area contributed by atoms with Gasteiger partial charge in [0.2, 0.25) is 5.91 Å². The van der Waals surface area contributed by atoms with E-state index < -0.39 is 25.0 Å². The molecule has 0 bridgehead atoms. The van der Waals surface area contributed by atoms with Gasteiger partial charge in [0.25, 0.3) is 6.92 Å². The number of carboxylic acid groups (broad SMARTS) is 1. The van der Waals surface area contributed by atoms with Gasteiger partial charge < -0.3 is 26.1 Å². The topological polar surface area (TPSA) is 116 Å². The summed E-state index contributed by atoms with van der Waals surface area (Å²) in [4.78, 5) is 24.9. The zero-order valence-electron chi connectivity index (χ0n) is 13.0. The quantitative estimate of drug-likeness (QED) is 0.459. The van der Waals surface area contributed by atoms with E-state index in [2.05, 4.69) is 5.32 Å². The van der Waals surface area contributed by atoms with Gasteiger partial charge in [-0.05, 0) is 19.7 Å². The second-order valence-corrected chi connectivity index (χ2v) is 5.97. The average molecular weight is 299 g/mol. The van der Waals surface area contributed by atoms with Crippen LogP contribution in [-0.2, 0) is 9.59 Å². The van der Waals surface area contributed by atoms with Crippen LogP contribution in [0.3, 0.4) is 0 Å². The summed E-state index contributed by atoms with van der Waals surface area (Å²) in [7, 11) is 1.67. The maximum absolute atomic E-state index is 12.0. The van der Waals surface area contributed by atoms with Crippen molar-refractivity contribution in [1.29, 1.82) is 0 Å². The molecule has 0 radical (unpaired) electrons. The number of carbonyl (C=O) groups excluding carboxylic acids is 1. The Morgan fingerprint density at radius 1 is 1.52 bits per heavy atom. The summed E-state index contributed by atoms with van der Waals surface area (Å²) in [6.45, 7) is 3.39. The number of hydrogen-bond donors (Lipinski definition) is 4. The standard InChI is InChI=1S/C13H26BN3O4/c1-8(15)12(18)17(3)10-7-16-11(13(19)20)9(10)5-4-6-14(2)21/h8-11,16,21H,4-7,15H2,1-3H3,(H,19,20). The van der Waals surface area contributed by atoms with E-state index in [0.717, 1.165) is 6.42 Å². The third-order valence-corrected chi connectivity index (χ3v) is 4.13. The van der Waals surface area contributed by atoms with E-state index in [1.807, 2.05) is 0 Å². The summed E-state index contributed by atoms with van der Waals surface area (Å²) < 4.78 is 0. The number of amides is 1. The minimum absolute atomic E-state index is 0.172. The predicted octanol–water partition coefficient (Wildman–Crippen LogP) is -0.773. The molecule has 1 amide bonds. The molecule has 4 atom stereocenters. The van der Waals surface area contributed by atoms with Crippen LogP contribution in [0.4, 0.5) is 0 Å². The Labute approximate surface area is 126 Å². The second-order valence-electron chi connectivity index (χ2n) is 5.97. The molecule has 0 spiro atoms. The molecule has 1 aliphatic heterocycles. The van der Waals surface area contributed by atoms with Crippen molar-refractivity contribution in [3.05, 3.63) is 0 Å². The Morgan fingerprint density at radius 2 is 2.14 bits per heavy atom. The van der Waals surface area contributed by atoms with E-state index in [0.29, 0.717) is 19.3 Å². The number of nitrogens with two attached hydrogens (primary N) is 1. The molecule has 4 unspecified atom stereocenters. The highest BCUT2D eigenvalue weighted by Gasteiger charge is 2.42. The van der Waals surface area contributed by atoms with Gasteiger partial charge in [-0.3, -0.25) is 9.59 Å². The molecular weight excluding hydrogens is 273 g/mol. The zero-order valence-corrected chi connectivity index (χ0v) is 13.0. The monoisotopic (exact) mass is 299 g/mol. The van der Waals surface area contributed by atoms with Crippen LogP contribution in [0.5, 0.6) is 0 Å². The fraction of sp³-hybridized carbons (Fsp3) is 0.846. The molecule has 0 aliphatic carbocycles. The smallest absolute Gasteiger partial charge is 0.321 e. The van der Waals surface area contributed by atoms with Crippen molar-refractivity contribution in [3.8, 4) is 0 Å². The molecule has 1 saturated heterocycles. The van der Waals surface area contributed by atoms with E-state index in [9.17, 15) is 19.7 Å². The van der Waals surface area contributed by atoms with Crippen LogP contribution >= 0.6 is 0 Å². The number of nitrogens with one attached hydrogen (secondary N) is 1. The fourth-order valence-corrected chi connectivity index (χ4v) is 2.96. The number of aliphatic carboxylic acids is 1. The van der Waals surface area contributed by atoms with Crippen molar-refractivity contribution >= 4 is 18.8 Å². The molecule has 1 heterocycles. The molecule has 0 aromatic rings. The number of nitrogens with zero attached hydrogens (tertiary/aromatic N) is 1. The molecular formula is C13H26BN3O4. The highest BCUT2D eigenvalue weighted by atomic mass is 16.4. The summed E-state index contributed by atoms with van der Waals surface area (Å²) in [5.74, 6) is -1.26. The van der Waals surface area contributed by atoms with Gasteiger partial charge in [0.15, 0.2) is 0 Å². The fourth-order valence-electron chi connectivity index (χ4n) is 2.96. The van der Waals surface area contributed by atoms with Crippen LogP contribution in [0.1, 0.15) is 19.8 Å². The zero-order chi connectivity index (χ0) is 16.2. The van der Waals surface area contributed by atoms with Crippen LogP contribution in [0, 0.1) is 5.92 Å². The molecule has 120 valence electrons. The van der Waals surface area contributed by atoms with Gasteiger partial charge in [-0.15, -0.1) is 0 Å². The molecule has 1 rings (SSSR count). The molecule has 1 aliphatic rings. The lowest BCUT2D eigenvalue weighted by atomic mass is 9.66. The number of carbonyl (C=O) groups is 2. The third kappa shape index (κ3) is 4.69. The molecule has 0 aromatic carbocycles. The molecule has 0 saturated carbocycles. The molecule has 5 N–H and O–H groups in total. The average Bonchev–Trinajstić information content (AvgIpc) is 2.80. The molecule has 21 heavy (non-hydrogen) atoms. The predicted molar refractivity (Wildman–Crippen MR) is 81.0 cm³/mol. The second kappa shape index (κ2) is 7.77. The van der Waals surface area contributed by atoms with Crippen LogP contribution < -0.4 is 11.1 Å². The van der Waals surface area contributed by atoms with E-state index >= 15 is 0 Å². The maximum Gasteiger partial charge on any atom is 0.321 e. The van der Waals surface area contributed by atoms with Crippen molar-refractivity contribution < 1.29 is 19.7 Å². The normalized spacial score (nSPS) is 26.4. The van der Waals surface area contributed by atoms with Crippen LogP contribution in [-0.4, -0.2) is 65.5 Å². The SMILES string of the molecule is CB(O)CCCC1C(C(=O)O)NCC1N(C)C(=O)C(C)N. The van der Waals surface area contributed by atoms with E-state index in [4.69, 9.17) is 5.73 Å². The highest BCUT2D eigenvalue weighted by molar-refractivity contribution is 6.48. The largest absolute Gasteiger partial charge is 0.480 e. The lowest BCUT2D eigenvalue weighted by Crippen LogP contribution is -2.49. The maximum atomic E-state index is 12.0. The first-order valence-electron chi connectivity index (χ1n) is 7.42. The Bertz CT molecular complexity index is 378.